The van der Waals surface area contributed by atoms with Crippen molar-refractivity contribution in [3.63, 3.8) is 0 Å². The molecule has 6 heteroatoms. The number of pyridine rings is 1. The molecule has 3 rings (SSSR count). The number of nitrogens with two attached hydrogens (primary N) is 1. The average molecular weight is 275 g/mol. The number of fused-ring (bicyclic) bond motifs is 1. The number of nitrogens with one attached hydrogen (secondary N) is 1. The van der Waals surface area contributed by atoms with Crippen LogP contribution in [-0.2, 0) is 0 Å². The van der Waals surface area contributed by atoms with Gasteiger partial charge in [0.05, 0.1) is 5.52 Å². The van der Waals surface area contributed by atoms with E-state index >= 15 is 0 Å². The minimum Gasteiger partial charge on any atom is -0.398 e. The van der Waals surface area contributed by atoms with E-state index in [1.165, 1.54) is 6.07 Å². The molecule has 1 aliphatic heterocycles. The first kappa shape index (κ1) is 13.1. The summed E-state index contributed by atoms with van der Waals surface area (Å²) in [6.45, 7) is 3.59. The highest BCUT2D eigenvalue weighted by Crippen LogP contribution is 2.29. The highest BCUT2D eigenvalue weighted by Gasteiger charge is 2.18. The summed E-state index contributed by atoms with van der Waals surface area (Å²) in [4.78, 5) is 6.51. The van der Waals surface area contributed by atoms with Crippen LogP contribution in [0.2, 0.25) is 0 Å². The molecular weight excluding hydrogens is 257 g/mol. The van der Waals surface area contributed by atoms with Crippen LogP contribution in [0.15, 0.2) is 24.4 Å². The van der Waals surface area contributed by atoms with Gasteiger partial charge in [-0.25, -0.2) is 9.40 Å². The number of rotatable bonds is 2. The van der Waals surface area contributed by atoms with Gasteiger partial charge in [0.2, 0.25) is 0 Å². The summed E-state index contributed by atoms with van der Waals surface area (Å²) in [5.74, 6) is -0.368. The van der Waals surface area contributed by atoms with Crippen molar-refractivity contribution in [2.75, 3.05) is 44.4 Å². The van der Waals surface area contributed by atoms with Gasteiger partial charge in [-0.3, -0.25) is 4.98 Å². The Morgan fingerprint density at radius 1 is 1.30 bits per heavy atom. The number of aromatic nitrogens is 1. The van der Waals surface area contributed by atoms with Crippen LogP contribution >= 0.6 is 0 Å². The fourth-order valence-electron chi connectivity index (χ4n) is 2.42. The Morgan fingerprint density at radius 2 is 2.05 bits per heavy atom. The first-order valence-corrected chi connectivity index (χ1v) is 6.68. The van der Waals surface area contributed by atoms with Crippen molar-refractivity contribution >= 4 is 22.3 Å². The van der Waals surface area contributed by atoms with Crippen LogP contribution in [0.25, 0.3) is 10.9 Å². The van der Waals surface area contributed by atoms with Crippen LogP contribution in [0.1, 0.15) is 0 Å². The molecule has 1 fully saturated rings. The number of hydrogen-bond acceptors (Lipinski definition) is 5. The van der Waals surface area contributed by atoms with E-state index in [4.69, 9.17) is 5.73 Å². The van der Waals surface area contributed by atoms with E-state index in [0.29, 0.717) is 16.9 Å². The van der Waals surface area contributed by atoms with Crippen LogP contribution in [0.5, 0.6) is 0 Å². The van der Waals surface area contributed by atoms with E-state index in [9.17, 15) is 4.39 Å². The predicted octanol–water partition coefficient (Wildman–Crippen LogP) is 1.53. The monoisotopic (exact) mass is 275 g/mol. The molecule has 1 saturated heterocycles. The Kier molecular flexibility index (Phi) is 3.42. The highest BCUT2D eigenvalue weighted by atomic mass is 19.1. The molecule has 0 radical (unpaired) electrons. The van der Waals surface area contributed by atoms with E-state index in [2.05, 4.69) is 22.4 Å². The third kappa shape index (κ3) is 2.39. The maximum Gasteiger partial charge on any atom is 0.151 e. The van der Waals surface area contributed by atoms with Gasteiger partial charge in [-0.05, 0) is 25.2 Å². The van der Waals surface area contributed by atoms with Crippen molar-refractivity contribution in [1.82, 2.24) is 14.9 Å². The predicted molar refractivity (Wildman–Crippen MR) is 78.8 cm³/mol. The molecule has 0 bridgehead atoms. The minimum absolute atomic E-state index is 0.368. The molecule has 0 saturated carbocycles. The molecule has 106 valence electrons. The van der Waals surface area contributed by atoms with Crippen molar-refractivity contribution in [1.29, 1.82) is 0 Å². The molecule has 2 aromatic rings. The Morgan fingerprint density at radius 3 is 2.80 bits per heavy atom. The fourth-order valence-corrected chi connectivity index (χ4v) is 2.42. The summed E-state index contributed by atoms with van der Waals surface area (Å²) < 4.78 is 14.2. The fraction of sp³-hybridized carbons (Fsp3) is 0.357. The lowest BCUT2D eigenvalue weighted by molar-refractivity contribution is 0.178. The zero-order chi connectivity index (χ0) is 14.1. The normalized spacial score (nSPS) is 17.5. The summed E-state index contributed by atoms with van der Waals surface area (Å²) in [7, 11) is 2.08. The van der Waals surface area contributed by atoms with E-state index in [0.717, 1.165) is 31.6 Å². The zero-order valence-corrected chi connectivity index (χ0v) is 11.4. The molecule has 2 heterocycles. The maximum atomic E-state index is 14.2. The Labute approximate surface area is 117 Å². The minimum atomic E-state index is -0.368. The van der Waals surface area contributed by atoms with Gasteiger partial charge in [-0.1, -0.05) is 0 Å². The van der Waals surface area contributed by atoms with Crippen molar-refractivity contribution in [2.24, 2.45) is 0 Å². The van der Waals surface area contributed by atoms with Gasteiger partial charge in [0.25, 0.3) is 0 Å². The Bertz CT molecular complexity index is 622. The van der Waals surface area contributed by atoms with Crippen molar-refractivity contribution in [3.8, 4) is 0 Å². The standard InChI is InChI=1S/C14H18FN5/c1-19-5-7-20(8-6-19)18-14-11(15)9-12(16)10-3-2-4-17-13(10)14/h2-4,9,18H,5-8,16H2,1H3. The summed E-state index contributed by atoms with van der Waals surface area (Å²) in [6, 6.07) is 5.00. The van der Waals surface area contributed by atoms with Crippen LogP contribution < -0.4 is 11.2 Å². The Hall–Kier alpha value is -1.92. The zero-order valence-electron chi connectivity index (χ0n) is 11.4. The molecule has 0 spiro atoms. The maximum absolute atomic E-state index is 14.2. The second-order valence-electron chi connectivity index (χ2n) is 5.12. The van der Waals surface area contributed by atoms with Gasteiger partial charge >= 0.3 is 0 Å². The topological polar surface area (TPSA) is 57.4 Å². The molecule has 0 unspecified atom stereocenters. The van der Waals surface area contributed by atoms with Gasteiger partial charge in [-0.2, -0.15) is 0 Å². The average Bonchev–Trinajstić information content (AvgIpc) is 2.45. The molecule has 1 aromatic heterocycles. The van der Waals surface area contributed by atoms with Crippen LogP contribution in [0.3, 0.4) is 0 Å². The van der Waals surface area contributed by atoms with Gasteiger partial charge in [-0.15, -0.1) is 0 Å². The SMILES string of the molecule is CN1CCN(Nc2c(F)cc(N)c3cccnc23)CC1. The molecule has 0 aliphatic carbocycles. The molecule has 20 heavy (non-hydrogen) atoms. The number of nitrogens with zero attached hydrogens (tertiary/aromatic N) is 3. The smallest absolute Gasteiger partial charge is 0.151 e. The number of likely N-dealkylation sites (N-methyl/N-ethyl adjacent to an activating group) is 1. The highest BCUT2D eigenvalue weighted by molar-refractivity contribution is 5.98. The summed E-state index contributed by atoms with van der Waals surface area (Å²) in [5, 5.41) is 2.79. The third-order valence-electron chi connectivity index (χ3n) is 3.65. The molecule has 1 aromatic carbocycles. The molecule has 3 N–H and O–H groups in total. The second kappa shape index (κ2) is 5.22. The molecule has 1 aliphatic rings. The van der Waals surface area contributed by atoms with Crippen LogP contribution in [0.4, 0.5) is 15.8 Å². The lowest BCUT2D eigenvalue weighted by atomic mass is 10.1. The summed E-state index contributed by atoms with van der Waals surface area (Å²) >= 11 is 0. The van der Waals surface area contributed by atoms with E-state index < -0.39 is 0 Å². The van der Waals surface area contributed by atoms with Crippen LogP contribution in [-0.4, -0.2) is 48.1 Å². The largest absolute Gasteiger partial charge is 0.398 e. The van der Waals surface area contributed by atoms with Crippen molar-refractivity contribution < 1.29 is 4.39 Å². The van der Waals surface area contributed by atoms with E-state index in [-0.39, 0.29) is 5.82 Å². The molecular formula is C14H18FN5. The molecule has 0 atom stereocenters. The van der Waals surface area contributed by atoms with Crippen LogP contribution in [0, 0.1) is 5.82 Å². The van der Waals surface area contributed by atoms with Crippen molar-refractivity contribution in [2.45, 2.75) is 0 Å². The first-order chi connectivity index (χ1) is 9.65. The van der Waals surface area contributed by atoms with Gasteiger partial charge < -0.3 is 16.1 Å². The number of halogens is 1. The summed E-state index contributed by atoms with van der Waals surface area (Å²) in [6.07, 6.45) is 1.65. The number of benzene rings is 1. The first-order valence-electron chi connectivity index (χ1n) is 6.68. The molecule has 5 nitrogen and oxygen atoms in total. The van der Waals surface area contributed by atoms with Gasteiger partial charge in [0.15, 0.2) is 5.82 Å². The van der Waals surface area contributed by atoms with Gasteiger partial charge in [0, 0.05) is 43.4 Å². The van der Waals surface area contributed by atoms with Crippen molar-refractivity contribution in [3.05, 3.63) is 30.2 Å². The number of hydrogen-bond donors (Lipinski definition) is 2. The third-order valence-corrected chi connectivity index (χ3v) is 3.65. The number of piperazine rings is 1. The van der Waals surface area contributed by atoms with E-state index in [1.54, 1.807) is 12.3 Å². The number of anilines is 2. The summed E-state index contributed by atoms with van der Waals surface area (Å²) in [5.41, 5.74) is 10.4. The Balaban J connectivity index is 1.95. The van der Waals surface area contributed by atoms with Gasteiger partial charge in [0.1, 0.15) is 5.69 Å². The number of hydrazine groups is 1. The molecule has 0 amide bonds. The number of nitrogen functional groups attached to an aromatic ring is 1. The lowest BCUT2D eigenvalue weighted by Crippen LogP contribution is -2.47. The lowest BCUT2D eigenvalue weighted by Gasteiger charge is -2.33. The quantitative estimate of drug-likeness (QED) is 0.814. The van der Waals surface area contributed by atoms with E-state index in [1.807, 2.05) is 11.1 Å². The second-order valence-corrected chi connectivity index (χ2v) is 5.12.